The molecule has 24 heavy (non-hydrogen) atoms. The Morgan fingerprint density at radius 1 is 1.12 bits per heavy atom. The maximum absolute atomic E-state index is 5.52. The van der Waals surface area contributed by atoms with Gasteiger partial charge >= 0.3 is 0 Å². The van der Waals surface area contributed by atoms with Crippen molar-refractivity contribution in [3.8, 4) is 0 Å². The summed E-state index contributed by atoms with van der Waals surface area (Å²) in [5.74, 6) is 2.48. The predicted octanol–water partition coefficient (Wildman–Crippen LogP) is 2.62. The molecular weight excluding hydrogens is 300 g/mol. The van der Waals surface area contributed by atoms with Crippen molar-refractivity contribution >= 4 is 0 Å². The molecule has 1 aromatic heterocycles. The molecule has 2 fully saturated rings. The van der Waals surface area contributed by atoms with E-state index in [4.69, 9.17) is 14.8 Å². The highest BCUT2D eigenvalue weighted by atomic mass is 16.5. The van der Waals surface area contributed by atoms with E-state index >= 15 is 0 Å². The maximum atomic E-state index is 5.52. The van der Waals surface area contributed by atoms with Crippen LogP contribution in [0.3, 0.4) is 0 Å². The topological polar surface area (TPSA) is 43.2 Å². The van der Waals surface area contributed by atoms with E-state index in [2.05, 4.69) is 39.9 Å². The summed E-state index contributed by atoms with van der Waals surface area (Å²) in [6.45, 7) is 5.81. The van der Waals surface area contributed by atoms with Crippen molar-refractivity contribution in [1.82, 2.24) is 19.7 Å². The van der Waals surface area contributed by atoms with Gasteiger partial charge in [-0.1, -0.05) is 30.3 Å². The third-order valence-corrected chi connectivity index (χ3v) is 5.08. The van der Waals surface area contributed by atoms with Gasteiger partial charge in [0.05, 0.1) is 13.2 Å². The van der Waals surface area contributed by atoms with Crippen molar-refractivity contribution in [2.24, 2.45) is 0 Å². The van der Waals surface area contributed by atoms with Gasteiger partial charge in [0.25, 0.3) is 0 Å². The summed E-state index contributed by atoms with van der Waals surface area (Å²) in [5, 5.41) is 4.85. The molecule has 5 nitrogen and oxygen atoms in total. The summed E-state index contributed by atoms with van der Waals surface area (Å²) < 4.78 is 7.66. The zero-order valence-corrected chi connectivity index (χ0v) is 14.2. The molecule has 0 aliphatic carbocycles. The third kappa shape index (κ3) is 3.68. The van der Waals surface area contributed by atoms with Crippen LogP contribution >= 0.6 is 0 Å². The fraction of sp³-hybridized carbons (Fsp3) is 0.579. The van der Waals surface area contributed by atoms with Gasteiger partial charge in [0, 0.05) is 19.1 Å². The molecule has 5 heteroatoms. The second-order valence-electron chi connectivity index (χ2n) is 6.89. The standard InChI is InChI=1S/C19H26N4O/c1-2-6-16(7-3-1)8-12-23-18(14-22-10-4-5-11-22)20-19(21-23)17-9-13-24-15-17/h1-3,6-7,17H,4-5,8-15H2/t17-/m1/s1. The molecule has 2 aromatic rings. The van der Waals surface area contributed by atoms with E-state index in [1.54, 1.807) is 0 Å². The molecule has 0 saturated carbocycles. The molecule has 1 atom stereocenters. The average molecular weight is 326 g/mol. The zero-order valence-electron chi connectivity index (χ0n) is 14.2. The summed E-state index contributed by atoms with van der Waals surface area (Å²) >= 11 is 0. The molecule has 3 heterocycles. The Morgan fingerprint density at radius 2 is 1.96 bits per heavy atom. The number of aryl methyl sites for hydroxylation is 2. The average Bonchev–Trinajstić information content (AvgIpc) is 3.36. The summed E-state index contributed by atoms with van der Waals surface area (Å²) in [5.41, 5.74) is 1.35. The van der Waals surface area contributed by atoms with Gasteiger partial charge < -0.3 is 4.74 Å². The van der Waals surface area contributed by atoms with Crippen molar-refractivity contribution in [1.29, 1.82) is 0 Å². The van der Waals surface area contributed by atoms with Crippen molar-refractivity contribution < 1.29 is 4.74 Å². The first-order chi connectivity index (χ1) is 11.9. The second-order valence-corrected chi connectivity index (χ2v) is 6.89. The first kappa shape index (κ1) is 15.8. The number of nitrogens with zero attached hydrogens (tertiary/aromatic N) is 4. The lowest BCUT2D eigenvalue weighted by atomic mass is 10.1. The van der Waals surface area contributed by atoms with E-state index in [0.29, 0.717) is 5.92 Å². The van der Waals surface area contributed by atoms with Crippen LogP contribution < -0.4 is 0 Å². The number of ether oxygens (including phenoxy) is 1. The van der Waals surface area contributed by atoms with Gasteiger partial charge in [-0.25, -0.2) is 9.67 Å². The molecule has 0 bridgehead atoms. The van der Waals surface area contributed by atoms with Gasteiger partial charge in [-0.3, -0.25) is 4.90 Å². The normalized spacial score (nSPS) is 21.6. The van der Waals surface area contributed by atoms with Crippen molar-refractivity contribution in [3.63, 3.8) is 0 Å². The molecule has 0 unspecified atom stereocenters. The lowest BCUT2D eigenvalue weighted by Gasteiger charge is -2.14. The molecule has 2 aliphatic heterocycles. The quantitative estimate of drug-likeness (QED) is 0.818. The van der Waals surface area contributed by atoms with Crippen molar-refractivity contribution in [2.45, 2.75) is 44.7 Å². The number of benzene rings is 1. The van der Waals surface area contributed by atoms with E-state index in [1.165, 1.54) is 31.5 Å². The van der Waals surface area contributed by atoms with Gasteiger partial charge in [0.1, 0.15) is 5.82 Å². The van der Waals surface area contributed by atoms with E-state index in [-0.39, 0.29) is 0 Å². The summed E-state index contributed by atoms with van der Waals surface area (Å²) in [6, 6.07) is 10.6. The maximum Gasteiger partial charge on any atom is 0.156 e. The van der Waals surface area contributed by atoms with Crippen molar-refractivity contribution in [3.05, 3.63) is 47.5 Å². The van der Waals surface area contributed by atoms with Crippen LogP contribution in [0.15, 0.2) is 30.3 Å². The summed E-state index contributed by atoms with van der Waals surface area (Å²) in [4.78, 5) is 7.40. The fourth-order valence-electron chi connectivity index (χ4n) is 3.62. The van der Waals surface area contributed by atoms with Crippen LogP contribution in [0, 0.1) is 0 Å². The van der Waals surface area contributed by atoms with Gasteiger partial charge in [-0.2, -0.15) is 5.10 Å². The molecule has 2 saturated heterocycles. The molecule has 2 aliphatic rings. The molecule has 128 valence electrons. The lowest BCUT2D eigenvalue weighted by Crippen LogP contribution is -2.22. The SMILES string of the molecule is c1ccc(CCn2nc([C@@H]3CCOC3)nc2CN2CCCC2)cc1. The number of likely N-dealkylation sites (tertiary alicyclic amines) is 1. The highest BCUT2D eigenvalue weighted by Crippen LogP contribution is 2.23. The van der Waals surface area contributed by atoms with E-state index < -0.39 is 0 Å². The minimum atomic E-state index is 0.375. The Morgan fingerprint density at radius 3 is 2.71 bits per heavy atom. The largest absolute Gasteiger partial charge is 0.381 e. The molecule has 4 rings (SSSR count). The highest BCUT2D eigenvalue weighted by molar-refractivity contribution is 5.14. The van der Waals surface area contributed by atoms with Crippen LogP contribution in [0.1, 0.15) is 42.4 Å². The second kappa shape index (κ2) is 7.45. The molecule has 0 radical (unpaired) electrons. The molecule has 0 N–H and O–H groups in total. The summed E-state index contributed by atoms with van der Waals surface area (Å²) in [6.07, 6.45) is 4.66. The number of hydrogen-bond acceptors (Lipinski definition) is 4. The number of hydrogen-bond donors (Lipinski definition) is 0. The van der Waals surface area contributed by atoms with Crippen LogP contribution in [0.5, 0.6) is 0 Å². The Bertz CT molecular complexity index is 643. The predicted molar refractivity (Wildman–Crippen MR) is 92.9 cm³/mol. The number of aromatic nitrogens is 3. The smallest absolute Gasteiger partial charge is 0.156 e. The van der Waals surface area contributed by atoms with Crippen molar-refractivity contribution in [2.75, 3.05) is 26.3 Å². The fourth-order valence-corrected chi connectivity index (χ4v) is 3.62. The highest BCUT2D eigenvalue weighted by Gasteiger charge is 2.24. The van der Waals surface area contributed by atoms with Crippen LogP contribution in [-0.2, 0) is 24.2 Å². The minimum absolute atomic E-state index is 0.375. The van der Waals surface area contributed by atoms with E-state index in [9.17, 15) is 0 Å². The minimum Gasteiger partial charge on any atom is -0.381 e. The third-order valence-electron chi connectivity index (χ3n) is 5.08. The lowest BCUT2D eigenvalue weighted by molar-refractivity contribution is 0.193. The zero-order chi connectivity index (χ0) is 16.2. The Labute approximate surface area is 143 Å². The summed E-state index contributed by atoms with van der Waals surface area (Å²) in [7, 11) is 0. The molecular formula is C19H26N4O. The van der Waals surface area contributed by atoms with Gasteiger partial charge in [0.2, 0.25) is 0 Å². The van der Waals surface area contributed by atoms with Gasteiger partial charge in [0.15, 0.2) is 5.82 Å². The first-order valence-electron chi connectivity index (χ1n) is 9.16. The number of rotatable bonds is 6. The first-order valence-corrected chi connectivity index (χ1v) is 9.16. The molecule has 0 spiro atoms. The molecule has 0 amide bonds. The Kier molecular flexibility index (Phi) is 4.90. The van der Waals surface area contributed by atoms with Crippen LogP contribution in [-0.4, -0.2) is 46.0 Å². The van der Waals surface area contributed by atoms with E-state index in [0.717, 1.165) is 50.8 Å². The Balaban J connectivity index is 1.50. The molecule has 1 aromatic carbocycles. The van der Waals surface area contributed by atoms with E-state index in [1.807, 2.05) is 0 Å². The van der Waals surface area contributed by atoms with Gasteiger partial charge in [-0.05, 0) is 44.3 Å². The van der Waals surface area contributed by atoms with Crippen LogP contribution in [0.25, 0.3) is 0 Å². The van der Waals surface area contributed by atoms with Gasteiger partial charge in [-0.15, -0.1) is 0 Å². The Hall–Kier alpha value is -1.72. The van der Waals surface area contributed by atoms with Crippen LogP contribution in [0.2, 0.25) is 0 Å². The van der Waals surface area contributed by atoms with Crippen LogP contribution in [0.4, 0.5) is 0 Å². The monoisotopic (exact) mass is 326 g/mol.